The second-order valence-corrected chi connectivity index (χ2v) is 7.35. The van der Waals surface area contributed by atoms with Crippen LogP contribution >= 0.6 is 0 Å². The zero-order chi connectivity index (χ0) is 21.7. The number of nitrogens with zero attached hydrogens (tertiary/aromatic N) is 6. The van der Waals surface area contributed by atoms with Gasteiger partial charge < -0.3 is 14.6 Å². The lowest BCUT2D eigenvalue weighted by atomic mass is 10.1. The molecular formula is C19H25F3N6O2. The largest absolute Gasteiger partial charge is 0.490 e. The van der Waals surface area contributed by atoms with Crippen molar-refractivity contribution in [1.29, 1.82) is 0 Å². The smallest absolute Gasteiger partial charge is 0.475 e. The molecule has 0 saturated carbocycles. The highest BCUT2D eigenvalue weighted by molar-refractivity contribution is 5.73. The average Bonchev–Trinajstić information content (AvgIpc) is 3.31. The summed E-state index contributed by atoms with van der Waals surface area (Å²) in [5, 5.41) is 7.12. The Labute approximate surface area is 172 Å². The number of fused-ring (bicyclic) bond motifs is 1. The molecule has 0 unspecified atom stereocenters. The number of aromatic nitrogens is 4. The van der Waals surface area contributed by atoms with E-state index in [-0.39, 0.29) is 0 Å². The number of imidazole rings is 1. The van der Waals surface area contributed by atoms with Crippen LogP contribution in [0.15, 0.2) is 18.7 Å². The lowest BCUT2D eigenvalue weighted by Crippen LogP contribution is -2.27. The fraction of sp³-hybridized carbons (Fsp3) is 0.579. The first kappa shape index (κ1) is 22.0. The van der Waals surface area contributed by atoms with E-state index in [1.54, 1.807) is 6.33 Å². The lowest BCUT2D eigenvalue weighted by molar-refractivity contribution is -0.192. The van der Waals surface area contributed by atoms with E-state index in [0.29, 0.717) is 0 Å². The first-order valence-electron chi connectivity index (χ1n) is 9.82. The molecule has 1 N–H and O–H groups in total. The van der Waals surface area contributed by atoms with Crippen LogP contribution in [0.5, 0.6) is 0 Å². The molecule has 2 aliphatic rings. The molecule has 1 fully saturated rings. The summed E-state index contributed by atoms with van der Waals surface area (Å²) in [6, 6.07) is 0. The fourth-order valence-electron chi connectivity index (χ4n) is 3.66. The molecule has 2 aromatic heterocycles. The van der Waals surface area contributed by atoms with Crippen molar-refractivity contribution in [3.63, 3.8) is 0 Å². The molecule has 0 aliphatic carbocycles. The van der Waals surface area contributed by atoms with Crippen molar-refractivity contribution >= 4 is 11.8 Å². The number of aliphatic carboxylic acids is 1. The molecule has 8 nitrogen and oxygen atoms in total. The molecule has 0 atom stereocenters. The van der Waals surface area contributed by atoms with Crippen molar-refractivity contribution in [3.05, 3.63) is 35.8 Å². The number of halogens is 3. The molecule has 0 aromatic carbocycles. The molecule has 1 saturated heterocycles. The Morgan fingerprint density at radius 1 is 1.10 bits per heavy atom. The summed E-state index contributed by atoms with van der Waals surface area (Å²) in [5.74, 6) is -0.444. The Balaban J connectivity index is 0.000000318. The minimum absolute atomic E-state index is 0.907. The van der Waals surface area contributed by atoms with Gasteiger partial charge >= 0.3 is 12.1 Å². The molecule has 0 bridgehead atoms. The van der Waals surface area contributed by atoms with Crippen molar-refractivity contribution in [2.45, 2.75) is 38.4 Å². The number of carbonyl (C=O) groups is 1. The Bertz CT molecular complexity index is 864. The Morgan fingerprint density at radius 3 is 2.37 bits per heavy atom. The number of aryl methyl sites for hydroxylation is 1. The molecule has 2 aromatic rings. The molecule has 0 spiro atoms. The number of alkyl halides is 3. The van der Waals surface area contributed by atoms with Crippen LogP contribution in [0.2, 0.25) is 0 Å². The minimum Gasteiger partial charge on any atom is -0.475 e. The summed E-state index contributed by atoms with van der Waals surface area (Å²) in [6.45, 7) is 5.27. The highest BCUT2D eigenvalue weighted by Gasteiger charge is 2.38. The predicted molar refractivity (Wildman–Crippen MR) is 103 cm³/mol. The molecule has 0 radical (unpaired) electrons. The van der Waals surface area contributed by atoms with Crippen molar-refractivity contribution in [1.82, 2.24) is 24.4 Å². The standard InChI is InChI=1S/C17H24N6.C2HF3O2/c1-21-11-6-18-16(21)12-22-9-4-14-15(5-10-22)19-13-20-17(14)23-7-2-3-8-23;3-2(4,5)1(6)7/h6,11,13H,2-5,7-10,12H2,1H3;(H,6,7). The van der Waals surface area contributed by atoms with Crippen LogP contribution in [-0.2, 0) is 31.2 Å². The van der Waals surface area contributed by atoms with Gasteiger partial charge in [0.1, 0.15) is 18.0 Å². The maximum absolute atomic E-state index is 10.6. The Hall–Kier alpha value is -2.69. The highest BCUT2D eigenvalue weighted by atomic mass is 19.4. The Morgan fingerprint density at radius 2 is 1.77 bits per heavy atom. The molecule has 164 valence electrons. The third-order valence-electron chi connectivity index (χ3n) is 5.29. The molecule has 11 heteroatoms. The first-order chi connectivity index (χ1) is 14.3. The van der Waals surface area contributed by atoms with E-state index in [1.807, 2.05) is 12.4 Å². The van der Waals surface area contributed by atoms with E-state index < -0.39 is 12.1 Å². The van der Waals surface area contributed by atoms with Gasteiger partial charge in [-0.2, -0.15) is 13.2 Å². The van der Waals surface area contributed by atoms with Crippen LogP contribution in [0.3, 0.4) is 0 Å². The molecular weight excluding hydrogens is 401 g/mol. The van der Waals surface area contributed by atoms with Gasteiger partial charge in [0.15, 0.2) is 0 Å². The normalized spacial score (nSPS) is 17.1. The summed E-state index contributed by atoms with van der Waals surface area (Å²) in [5.41, 5.74) is 2.61. The molecule has 2 aliphatic heterocycles. The van der Waals surface area contributed by atoms with Gasteiger partial charge in [-0.15, -0.1) is 0 Å². The number of rotatable bonds is 3. The van der Waals surface area contributed by atoms with E-state index >= 15 is 0 Å². The van der Waals surface area contributed by atoms with Gasteiger partial charge in [-0.3, -0.25) is 4.90 Å². The van der Waals surface area contributed by atoms with Gasteiger partial charge in [0.05, 0.1) is 12.2 Å². The zero-order valence-corrected chi connectivity index (χ0v) is 16.8. The van der Waals surface area contributed by atoms with Gasteiger partial charge in [-0.1, -0.05) is 0 Å². The SMILES string of the molecule is Cn1ccnc1CN1CCc2ncnc(N3CCCC3)c2CC1.O=C(O)C(F)(F)F. The van der Waals surface area contributed by atoms with Gasteiger partial charge in [-0.05, 0) is 19.3 Å². The third kappa shape index (κ3) is 5.47. The summed E-state index contributed by atoms with van der Waals surface area (Å²) >= 11 is 0. The second-order valence-electron chi connectivity index (χ2n) is 7.35. The number of hydrogen-bond acceptors (Lipinski definition) is 6. The second kappa shape index (κ2) is 9.41. The summed E-state index contributed by atoms with van der Waals surface area (Å²) in [6.07, 6.45) is 5.16. The first-order valence-corrected chi connectivity index (χ1v) is 9.82. The van der Waals surface area contributed by atoms with E-state index in [4.69, 9.17) is 9.90 Å². The van der Waals surface area contributed by atoms with Crippen molar-refractivity contribution in [2.24, 2.45) is 7.05 Å². The van der Waals surface area contributed by atoms with Gasteiger partial charge in [-0.25, -0.2) is 19.7 Å². The van der Waals surface area contributed by atoms with E-state index in [2.05, 4.69) is 36.4 Å². The number of anilines is 1. The van der Waals surface area contributed by atoms with E-state index in [0.717, 1.165) is 51.4 Å². The third-order valence-corrected chi connectivity index (χ3v) is 5.29. The monoisotopic (exact) mass is 426 g/mol. The van der Waals surface area contributed by atoms with Crippen molar-refractivity contribution in [3.8, 4) is 0 Å². The van der Waals surface area contributed by atoms with Crippen LogP contribution in [-0.4, -0.2) is 67.9 Å². The zero-order valence-electron chi connectivity index (χ0n) is 16.8. The average molecular weight is 426 g/mol. The van der Waals surface area contributed by atoms with Crippen molar-refractivity contribution in [2.75, 3.05) is 31.1 Å². The van der Waals surface area contributed by atoms with E-state index in [1.165, 1.54) is 29.9 Å². The maximum Gasteiger partial charge on any atom is 0.490 e. The van der Waals surface area contributed by atoms with Crippen LogP contribution in [0.25, 0.3) is 0 Å². The molecule has 0 amide bonds. The van der Waals surface area contributed by atoms with Gasteiger partial charge in [0.2, 0.25) is 0 Å². The van der Waals surface area contributed by atoms with Crippen LogP contribution in [0.1, 0.15) is 29.9 Å². The van der Waals surface area contributed by atoms with E-state index in [9.17, 15) is 13.2 Å². The molecule has 4 rings (SSSR count). The highest BCUT2D eigenvalue weighted by Crippen LogP contribution is 2.26. The number of carboxylic acids is 1. The van der Waals surface area contributed by atoms with Gasteiger partial charge in [0.25, 0.3) is 0 Å². The summed E-state index contributed by atoms with van der Waals surface area (Å²) < 4.78 is 33.8. The predicted octanol–water partition coefficient (Wildman–Crippen LogP) is 2.04. The van der Waals surface area contributed by atoms with Gasteiger partial charge in [0, 0.05) is 57.6 Å². The van der Waals surface area contributed by atoms with Crippen LogP contribution < -0.4 is 4.90 Å². The van der Waals surface area contributed by atoms with Crippen LogP contribution in [0, 0.1) is 0 Å². The fourth-order valence-corrected chi connectivity index (χ4v) is 3.66. The van der Waals surface area contributed by atoms with Crippen molar-refractivity contribution < 1.29 is 23.1 Å². The minimum atomic E-state index is -5.08. The number of hydrogen-bond donors (Lipinski definition) is 1. The molecule has 4 heterocycles. The number of carboxylic acid groups (broad SMARTS) is 1. The molecule has 30 heavy (non-hydrogen) atoms. The van der Waals surface area contributed by atoms with Crippen LogP contribution in [0.4, 0.5) is 19.0 Å². The summed E-state index contributed by atoms with van der Waals surface area (Å²) in [7, 11) is 2.06. The Kier molecular flexibility index (Phi) is 6.91. The lowest BCUT2D eigenvalue weighted by Gasteiger charge is -2.21. The summed E-state index contributed by atoms with van der Waals surface area (Å²) in [4.78, 5) is 27.5. The topological polar surface area (TPSA) is 87.4 Å². The quantitative estimate of drug-likeness (QED) is 0.804. The maximum atomic E-state index is 10.6.